The number of fused-ring (bicyclic) bond motifs is 6. The Kier molecular flexibility index (Phi) is 6.84. The van der Waals surface area contributed by atoms with Crippen LogP contribution in [-0.2, 0) is 0 Å². The molecule has 2 nitrogen and oxygen atoms in total. The zero-order valence-electron chi connectivity index (χ0n) is 23.6. The molecule has 0 saturated heterocycles. The zero-order valence-corrected chi connectivity index (χ0v) is 23.6. The van der Waals surface area contributed by atoms with Crippen molar-refractivity contribution in [3.05, 3.63) is 131 Å². The molecule has 0 bridgehead atoms. The van der Waals surface area contributed by atoms with Gasteiger partial charge in [-0.3, -0.25) is 0 Å². The van der Waals surface area contributed by atoms with E-state index in [-0.39, 0.29) is 0 Å². The van der Waals surface area contributed by atoms with Gasteiger partial charge in [0.25, 0.3) is 0 Å². The lowest BCUT2D eigenvalue weighted by Crippen LogP contribution is -2.07. The maximum absolute atomic E-state index is 2.33. The van der Waals surface area contributed by atoms with Crippen LogP contribution in [0.2, 0.25) is 0 Å². The average molecular weight is 519 g/mol. The molecule has 196 valence electrons. The van der Waals surface area contributed by atoms with Gasteiger partial charge in [-0.2, -0.15) is 0 Å². The van der Waals surface area contributed by atoms with E-state index in [1.165, 1.54) is 65.9 Å². The van der Waals surface area contributed by atoms with Gasteiger partial charge in [-0.15, -0.1) is 0 Å². The van der Waals surface area contributed by atoms with E-state index in [1.54, 1.807) is 0 Å². The molecule has 6 aromatic rings. The number of hydrogen-bond acceptors (Lipinski definition) is 2. The average Bonchev–Trinajstić information content (AvgIpc) is 2.99. The van der Waals surface area contributed by atoms with Crippen LogP contribution in [0.25, 0.3) is 56.6 Å². The Bertz CT molecular complexity index is 1710. The van der Waals surface area contributed by atoms with Gasteiger partial charge in [-0.05, 0) is 91.0 Å². The Labute approximate surface area is 237 Å². The normalized spacial score (nSPS) is 11.8. The van der Waals surface area contributed by atoms with Crippen molar-refractivity contribution in [3.8, 4) is 0 Å². The fourth-order valence-corrected chi connectivity index (χ4v) is 5.35. The molecule has 0 heterocycles. The Morgan fingerprint density at radius 1 is 0.350 bits per heavy atom. The lowest BCUT2D eigenvalue weighted by Gasteiger charge is -2.12. The number of rotatable bonds is 6. The van der Waals surface area contributed by atoms with Gasteiger partial charge in [-0.1, -0.05) is 97.1 Å². The van der Waals surface area contributed by atoms with Crippen molar-refractivity contribution in [3.63, 3.8) is 0 Å². The van der Waals surface area contributed by atoms with E-state index in [0.29, 0.717) is 0 Å². The first-order chi connectivity index (χ1) is 19.5. The van der Waals surface area contributed by atoms with Crippen molar-refractivity contribution in [2.24, 2.45) is 0 Å². The van der Waals surface area contributed by atoms with E-state index in [1.807, 2.05) is 0 Å². The van der Waals surface area contributed by atoms with Crippen LogP contribution in [0.3, 0.4) is 0 Å². The molecule has 0 radical (unpaired) electrons. The van der Waals surface area contributed by atoms with Crippen LogP contribution in [0.4, 0.5) is 11.4 Å². The molecule has 0 fully saturated rings. The number of nitrogens with zero attached hydrogens (tertiary/aromatic N) is 2. The highest BCUT2D eigenvalue weighted by atomic mass is 15.1. The van der Waals surface area contributed by atoms with Crippen LogP contribution < -0.4 is 9.80 Å². The summed E-state index contributed by atoms with van der Waals surface area (Å²) >= 11 is 0. The van der Waals surface area contributed by atoms with E-state index < -0.39 is 0 Å². The van der Waals surface area contributed by atoms with Gasteiger partial charge in [0.1, 0.15) is 0 Å². The highest BCUT2D eigenvalue weighted by Crippen LogP contribution is 2.36. The van der Waals surface area contributed by atoms with Crippen LogP contribution in [0, 0.1) is 0 Å². The maximum Gasteiger partial charge on any atom is 0.0361 e. The molecule has 0 aromatic heterocycles. The van der Waals surface area contributed by atoms with Gasteiger partial charge < -0.3 is 9.80 Å². The van der Waals surface area contributed by atoms with Crippen LogP contribution in [-0.4, -0.2) is 28.2 Å². The summed E-state index contributed by atoms with van der Waals surface area (Å²) in [6, 6.07) is 39.7. The van der Waals surface area contributed by atoms with Gasteiger partial charge in [-0.25, -0.2) is 0 Å². The summed E-state index contributed by atoms with van der Waals surface area (Å²) in [5.74, 6) is 0. The first kappa shape index (κ1) is 25.5. The number of anilines is 2. The van der Waals surface area contributed by atoms with Gasteiger partial charge in [0, 0.05) is 39.6 Å². The molecular weight excluding hydrogens is 484 g/mol. The first-order valence-corrected chi connectivity index (χ1v) is 13.8. The highest BCUT2D eigenvalue weighted by Gasteiger charge is 2.09. The van der Waals surface area contributed by atoms with Gasteiger partial charge in [0.05, 0.1) is 0 Å². The lowest BCUT2D eigenvalue weighted by atomic mass is 9.92. The minimum Gasteiger partial charge on any atom is -0.378 e. The summed E-state index contributed by atoms with van der Waals surface area (Å²) in [6.45, 7) is 0. The third kappa shape index (κ3) is 5.09. The molecule has 0 saturated carbocycles. The van der Waals surface area contributed by atoms with E-state index in [4.69, 9.17) is 0 Å². The van der Waals surface area contributed by atoms with E-state index in [0.717, 1.165) is 0 Å². The first-order valence-electron chi connectivity index (χ1n) is 13.8. The summed E-state index contributed by atoms with van der Waals surface area (Å²) in [5, 5.41) is 7.73. The summed E-state index contributed by atoms with van der Waals surface area (Å²) < 4.78 is 0. The Hall–Kier alpha value is -4.82. The molecule has 0 spiro atoms. The number of benzene rings is 6. The molecule has 0 aliphatic carbocycles. The van der Waals surface area contributed by atoms with Crippen LogP contribution in [0.15, 0.2) is 109 Å². The van der Waals surface area contributed by atoms with Crippen molar-refractivity contribution < 1.29 is 0 Å². The van der Waals surface area contributed by atoms with Gasteiger partial charge in [0.2, 0.25) is 0 Å². The van der Waals surface area contributed by atoms with Gasteiger partial charge >= 0.3 is 0 Å². The molecule has 0 N–H and O–H groups in total. The van der Waals surface area contributed by atoms with Crippen LogP contribution in [0.1, 0.15) is 22.3 Å². The minimum absolute atomic E-state index is 1.20. The zero-order chi connectivity index (χ0) is 27.6. The van der Waals surface area contributed by atoms with Crippen molar-refractivity contribution in [1.29, 1.82) is 0 Å². The fourth-order valence-electron chi connectivity index (χ4n) is 5.35. The predicted molar refractivity (Wildman–Crippen MR) is 178 cm³/mol. The molecule has 0 aliphatic rings. The lowest BCUT2D eigenvalue weighted by molar-refractivity contribution is 1.13. The smallest absolute Gasteiger partial charge is 0.0361 e. The topological polar surface area (TPSA) is 6.48 Å². The van der Waals surface area contributed by atoms with Crippen molar-refractivity contribution >= 4 is 68.0 Å². The molecule has 2 heteroatoms. The standard InChI is InChI=1S/C38H34N2/c1-39(2)31-19-13-27(14-20-31)9-11-29-17-23-35-36-24-18-30(12-10-28-15-21-32(22-16-28)40(3)4)26-38(36)34-8-6-5-7-33(34)37(35)25-29/h5-26H,1-4H3/b11-9+,12-10+. The van der Waals surface area contributed by atoms with Crippen molar-refractivity contribution in [2.45, 2.75) is 0 Å². The Balaban J connectivity index is 1.37. The number of hydrogen-bond donors (Lipinski definition) is 0. The Morgan fingerprint density at radius 2 is 0.675 bits per heavy atom. The molecule has 40 heavy (non-hydrogen) atoms. The summed E-state index contributed by atoms with van der Waals surface area (Å²) in [5.41, 5.74) is 7.21. The Morgan fingerprint density at radius 3 is 1.05 bits per heavy atom. The molecule has 0 aliphatic heterocycles. The molecule has 6 aromatic carbocycles. The van der Waals surface area contributed by atoms with Crippen molar-refractivity contribution in [2.75, 3.05) is 38.0 Å². The quantitative estimate of drug-likeness (QED) is 0.160. The molecular formula is C38H34N2. The molecule has 0 unspecified atom stereocenters. The van der Waals surface area contributed by atoms with Crippen LogP contribution >= 0.6 is 0 Å². The summed E-state index contributed by atoms with van der Waals surface area (Å²) in [6.07, 6.45) is 8.80. The SMILES string of the molecule is CN(C)c1ccc(/C=C/c2ccc3c4ccc(/C=C/c5ccc(N(C)C)cc5)cc4c4ccccc4c3c2)cc1. The van der Waals surface area contributed by atoms with Crippen molar-refractivity contribution in [1.82, 2.24) is 0 Å². The molecule has 0 amide bonds. The highest BCUT2D eigenvalue weighted by molar-refractivity contribution is 6.25. The second kappa shape index (κ2) is 10.7. The third-order valence-corrected chi connectivity index (χ3v) is 7.64. The molecule has 0 atom stereocenters. The second-order valence-corrected chi connectivity index (χ2v) is 10.8. The summed E-state index contributed by atoms with van der Waals surface area (Å²) in [4.78, 5) is 4.24. The fraction of sp³-hybridized carbons (Fsp3) is 0.105. The second-order valence-electron chi connectivity index (χ2n) is 10.8. The molecule has 6 rings (SSSR count). The monoisotopic (exact) mass is 518 g/mol. The van der Waals surface area contributed by atoms with E-state index in [9.17, 15) is 0 Å². The van der Waals surface area contributed by atoms with E-state index in [2.05, 4.69) is 171 Å². The third-order valence-electron chi connectivity index (χ3n) is 7.64. The van der Waals surface area contributed by atoms with Crippen LogP contribution in [0.5, 0.6) is 0 Å². The largest absolute Gasteiger partial charge is 0.378 e. The summed E-state index contributed by atoms with van der Waals surface area (Å²) in [7, 11) is 8.27. The van der Waals surface area contributed by atoms with E-state index >= 15 is 0 Å². The maximum atomic E-state index is 2.33. The minimum atomic E-state index is 1.20. The predicted octanol–water partition coefficient (Wildman–Crippen LogP) is 9.62. The van der Waals surface area contributed by atoms with Gasteiger partial charge in [0.15, 0.2) is 0 Å².